The lowest BCUT2D eigenvalue weighted by atomic mass is 10.3. The molecule has 0 unspecified atom stereocenters. The molecule has 1 saturated heterocycles. The van der Waals surface area contributed by atoms with Gasteiger partial charge in [0, 0.05) is 31.1 Å². The summed E-state index contributed by atoms with van der Waals surface area (Å²) in [5, 5.41) is 1.01. The second-order valence-corrected chi connectivity index (χ2v) is 8.95. The monoisotopic (exact) mass is 443 g/mol. The van der Waals surface area contributed by atoms with Crippen LogP contribution in [-0.2, 0) is 4.79 Å². The molecule has 0 aliphatic carbocycles. The van der Waals surface area contributed by atoms with Gasteiger partial charge in [-0.25, -0.2) is 4.98 Å². The summed E-state index contributed by atoms with van der Waals surface area (Å²) < 4.78 is 11.9. The summed E-state index contributed by atoms with van der Waals surface area (Å²) in [6.45, 7) is 5.70. The molecule has 3 aromatic rings. The van der Waals surface area contributed by atoms with Gasteiger partial charge in [0.2, 0.25) is 5.91 Å². The van der Waals surface area contributed by atoms with Crippen molar-refractivity contribution in [3.8, 4) is 11.5 Å². The van der Waals surface area contributed by atoms with Crippen LogP contribution < -0.4 is 14.4 Å². The Morgan fingerprint density at radius 3 is 2.53 bits per heavy atom. The van der Waals surface area contributed by atoms with Crippen LogP contribution in [0, 0.1) is 0 Å². The Labute approximate surface area is 184 Å². The highest BCUT2D eigenvalue weighted by atomic mass is 32.2. The average Bonchev–Trinajstić information content (AvgIpc) is 3.21. The lowest BCUT2D eigenvalue weighted by molar-refractivity contribution is -0.128. The number of methoxy groups -OCH3 is 1. The quantitative estimate of drug-likeness (QED) is 0.512. The molecule has 1 amide bonds. The highest BCUT2D eigenvalue weighted by Crippen LogP contribution is 2.32. The van der Waals surface area contributed by atoms with E-state index < -0.39 is 0 Å². The van der Waals surface area contributed by atoms with E-state index in [0.717, 1.165) is 57.9 Å². The smallest absolute Gasteiger partial charge is 0.233 e. The second kappa shape index (κ2) is 9.57. The van der Waals surface area contributed by atoms with E-state index in [1.807, 2.05) is 48.2 Å². The third-order valence-corrected chi connectivity index (χ3v) is 7.06. The third-order valence-electron chi connectivity index (χ3n) is 4.98. The topological polar surface area (TPSA) is 54.9 Å². The molecule has 30 heavy (non-hydrogen) atoms. The van der Waals surface area contributed by atoms with Gasteiger partial charge in [-0.3, -0.25) is 4.79 Å². The van der Waals surface area contributed by atoms with Gasteiger partial charge in [0.15, 0.2) is 5.13 Å². The molecule has 0 bridgehead atoms. The Morgan fingerprint density at radius 2 is 1.83 bits per heavy atom. The van der Waals surface area contributed by atoms with Crippen LogP contribution >= 0.6 is 23.1 Å². The summed E-state index contributed by atoms with van der Waals surface area (Å²) in [6.07, 6.45) is 0. The Bertz CT molecular complexity index is 999. The van der Waals surface area contributed by atoms with E-state index in [9.17, 15) is 4.79 Å². The van der Waals surface area contributed by atoms with Crippen LogP contribution in [0.25, 0.3) is 10.2 Å². The summed E-state index contributed by atoms with van der Waals surface area (Å²) in [7, 11) is 1.65. The van der Waals surface area contributed by atoms with Gasteiger partial charge in [0.1, 0.15) is 11.5 Å². The molecule has 8 heteroatoms. The lowest BCUT2D eigenvalue weighted by Gasteiger charge is -2.34. The second-order valence-electron chi connectivity index (χ2n) is 6.89. The molecule has 6 nitrogen and oxygen atoms in total. The maximum absolute atomic E-state index is 12.6. The predicted octanol–water partition coefficient (Wildman–Crippen LogP) is 4.14. The number of benzene rings is 2. The van der Waals surface area contributed by atoms with Crippen LogP contribution in [0.4, 0.5) is 5.13 Å². The number of anilines is 1. The van der Waals surface area contributed by atoms with Crippen molar-refractivity contribution in [3.63, 3.8) is 0 Å². The molecule has 1 aliphatic rings. The molecule has 0 saturated carbocycles. The molecular formula is C22H25N3O3S2. The van der Waals surface area contributed by atoms with Gasteiger partial charge in [0.05, 0.1) is 29.7 Å². The molecule has 2 heterocycles. The normalized spacial score (nSPS) is 14.2. The van der Waals surface area contributed by atoms with E-state index in [4.69, 9.17) is 14.5 Å². The van der Waals surface area contributed by atoms with Crippen molar-refractivity contribution in [1.82, 2.24) is 9.88 Å². The number of thioether (sulfide) groups is 1. The lowest BCUT2D eigenvalue weighted by Crippen LogP contribution is -2.49. The van der Waals surface area contributed by atoms with Crippen molar-refractivity contribution in [2.75, 3.05) is 50.5 Å². The first-order valence-corrected chi connectivity index (χ1v) is 11.8. The number of rotatable bonds is 7. The van der Waals surface area contributed by atoms with E-state index in [2.05, 4.69) is 11.0 Å². The zero-order valence-corrected chi connectivity index (χ0v) is 18.8. The molecule has 1 aliphatic heterocycles. The molecule has 1 fully saturated rings. The number of ether oxygens (including phenoxy) is 2. The number of carbonyl (C=O) groups is 1. The maximum atomic E-state index is 12.6. The SMILES string of the molecule is CCOc1ccc2nc(N3CCN(C(=O)CSc4ccc(OC)cc4)CC3)sc2c1. The minimum Gasteiger partial charge on any atom is -0.497 e. The zero-order chi connectivity index (χ0) is 20.9. The summed E-state index contributed by atoms with van der Waals surface area (Å²) in [6, 6.07) is 13.8. The summed E-state index contributed by atoms with van der Waals surface area (Å²) >= 11 is 3.25. The van der Waals surface area contributed by atoms with Gasteiger partial charge in [-0.1, -0.05) is 11.3 Å². The van der Waals surface area contributed by atoms with Crippen LogP contribution in [0.3, 0.4) is 0 Å². The fraction of sp³-hybridized carbons (Fsp3) is 0.364. The van der Waals surface area contributed by atoms with Gasteiger partial charge < -0.3 is 19.3 Å². The zero-order valence-electron chi connectivity index (χ0n) is 17.2. The van der Waals surface area contributed by atoms with Crippen LogP contribution in [0.15, 0.2) is 47.4 Å². The van der Waals surface area contributed by atoms with Gasteiger partial charge in [-0.2, -0.15) is 0 Å². The van der Waals surface area contributed by atoms with Gasteiger partial charge >= 0.3 is 0 Å². The number of fused-ring (bicyclic) bond motifs is 1. The van der Waals surface area contributed by atoms with E-state index in [-0.39, 0.29) is 5.91 Å². The molecular weight excluding hydrogens is 418 g/mol. The molecule has 1 aromatic heterocycles. The number of hydrogen-bond acceptors (Lipinski definition) is 7. The molecule has 4 rings (SSSR count). The van der Waals surface area contributed by atoms with Crippen LogP contribution in [-0.4, -0.2) is 61.4 Å². The fourth-order valence-corrected chi connectivity index (χ4v) is 5.19. The van der Waals surface area contributed by atoms with Crippen LogP contribution in [0.5, 0.6) is 11.5 Å². The maximum Gasteiger partial charge on any atom is 0.233 e. The largest absolute Gasteiger partial charge is 0.497 e. The Hall–Kier alpha value is -2.45. The minimum atomic E-state index is 0.182. The highest BCUT2D eigenvalue weighted by molar-refractivity contribution is 8.00. The molecule has 2 aromatic carbocycles. The van der Waals surface area contributed by atoms with E-state index in [1.54, 1.807) is 30.2 Å². The third kappa shape index (κ3) is 4.82. The predicted molar refractivity (Wildman–Crippen MR) is 123 cm³/mol. The summed E-state index contributed by atoms with van der Waals surface area (Å²) in [4.78, 5) is 22.7. The minimum absolute atomic E-state index is 0.182. The first kappa shape index (κ1) is 20.8. The number of amides is 1. The van der Waals surface area contributed by atoms with Gasteiger partial charge in [-0.15, -0.1) is 11.8 Å². The van der Waals surface area contributed by atoms with E-state index >= 15 is 0 Å². The number of aromatic nitrogens is 1. The van der Waals surface area contributed by atoms with Gasteiger partial charge in [-0.05, 0) is 49.4 Å². The van der Waals surface area contributed by atoms with E-state index in [0.29, 0.717) is 12.4 Å². The average molecular weight is 444 g/mol. The van der Waals surface area contributed by atoms with Crippen molar-refractivity contribution in [2.45, 2.75) is 11.8 Å². The van der Waals surface area contributed by atoms with Crippen LogP contribution in [0.1, 0.15) is 6.92 Å². The first-order valence-electron chi connectivity index (χ1n) is 9.99. The molecule has 0 spiro atoms. The number of hydrogen-bond donors (Lipinski definition) is 0. The standard InChI is InChI=1S/C22H25N3O3S2/c1-3-28-17-6-9-19-20(14-17)30-22(23-19)25-12-10-24(11-13-25)21(26)15-29-18-7-4-16(27-2)5-8-18/h4-9,14H,3,10-13,15H2,1-2H3. The first-order chi connectivity index (χ1) is 14.7. The van der Waals surface area contributed by atoms with Crippen molar-refractivity contribution >= 4 is 44.4 Å². The summed E-state index contributed by atoms with van der Waals surface area (Å²) in [5.74, 6) is 2.34. The number of nitrogens with zero attached hydrogens (tertiary/aromatic N) is 3. The fourth-order valence-electron chi connectivity index (χ4n) is 3.34. The Morgan fingerprint density at radius 1 is 1.10 bits per heavy atom. The molecule has 0 N–H and O–H groups in total. The van der Waals surface area contributed by atoms with E-state index in [1.165, 1.54) is 0 Å². The molecule has 0 atom stereocenters. The molecule has 158 valence electrons. The highest BCUT2D eigenvalue weighted by Gasteiger charge is 2.23. The van der Waals surface area contributed by atoms with Crippen molar-refractivity contribution in [3.05, 3.63) is 42.5 Å². The Kier molecular flexibility index (Phi) is 6.64. The van der Waals surface area contributed by atoms with Crippen LogP contribution in [0.2, 0.25) is 0 Å². The Balaban J connectivity index is 1.30. The number of carbonyl (C=O) groups excluding carboxylic acids is 1. The van der Waals surface area contributed by atoms with Crippen molar-refractivity contribution < 1.29 is 14.3 Å². The number of thiazole rings is 1. The number of piperazine rings is 1. The van der Waals surface area contributed by atoms with Crippen molar-refractivity contribution in [1.29, 1.82) is 0 Å². The van der Waals surface area contributed by atoms with Gasteiger partial charge in [0.25, 0.3) is 0 Å². The molecule has 0 radical (unpaired) electrons. The summed E-state index contributed by atoms with van der Waals surface area (Å²) in [5.41, 5.74) is 0.993. The van der Waals surface area contributed by atoms with Crippen molar-refractivity contribution in [2.24, 2.45) is 0 Å².